The van der Waals surface area contributed by atoms with E-state index in [4.69, 9.17) is 14.7 Å². The lowest BCUT2D eigenvalue weighted by Gasteiger charge is -2.16. The van der Waals surface area contributed by atoms with Crippen LogP contribution in [0.15, 0.2) is 54.9 Å². The summed E-state index contributed by atoms with van der Waals surface area (Å²) in [6, 6.07) is 9.37. The molecule has 36 heavy (non-hydrogen) atoms. The molecule has 0 radical (unpaired) electrons. The van der Waals surface area contributed by atoms with Crippen LogP contribution in [0.5, 0.6) is 5.75 Å². The fourth-order valence-corrected chi connectivity index (χ4v) is 4.74. The second-order valence-electron chi connectivity index (χ2n) is 8.71. The lowest BCUT2D eigenvalue weighted by atomic mass is 9.96. The summed E-state index contributed by atoms with van der Waals surface area (Å²) in [6.07, 6.45) is 6.77. The third kappa shape index (κ3) is 4.04. The Hall–Kier alpha value is -4.34. The quantitative estimate of drug-likeness (QED) is 0.392. The average molecular weight is 488 g/mol. The van der Waals surface area contributed by atoms with E-state index in [1.807, 2.05) is 37.3 Å². The molecule has 10 heteroatoms. The maximum Gasteiger partial charge on any atom is 0.229 e. The van der Waals surface area contributed by atoms with Crippen LogP contribution in [0, 0.1) is 18.6 Å². The van der Waals surface area contributed by atoms with Gasteiger partial charge in [-0.15, -0.1) is 0 Å². The first-order chi connectivity index (χ1) is 17.6. The molecule has 2 aromatic heterocycles. The van der Waals surface area contributed by atoms with Gasteiger partial charge in [-0.3, -0.25) is 0 Å². The van der Waals surface area contributed by atoms with Gasteiger partial charge in [0.2, 0.25) is 5.95 Å². The van der Waals surface area contributed by atoms with Gasteiger partial charge in [-0.05, 0) is 49.6 Å². The van der Waals surface area contributed by atoms with Gasteiger partial charge in [0.25, 0.3) is 0 Å². The number of hydrogen-bond acceptors (Lipinski definition) is 7. The second kappa shape index (κ2) is 9.03. The van der Waals surface area contributed by atoms with Crippen molar-refractivity contribution in [2.75, 3.05) is 23.8 Å². The smallest absolute Gasteiger partial charge is 0.229 e. The summed E-state index contributed by atoms with van der Waals surface area (Å²) >= 11 is 0. The van der Waals surface area contributed by atoms with E-state index in [-0.39, 0.29) is 5.92 Å². The molecule has 3 heterocycles. The summed E-state index contributed by atoms with van der Waals surface area (Å²) in [4.78, 5) is 13.7. The van der Waals surface area contributed by atoms with Gasteiger partial charge in [0, 0.05) is 35.8 Å². The van der Waals surface area contributed by atoms with Crippen molar-refractivity contribution in [1.82, 2.24) is 24.7 Å². The molecule has 1 atom stereocenters. The zero-order valence-corrected chi connectivity index (χ0v) is 19.5. The van der Waals surface area contributed by atoms with Gasteiger partial charge in [0.05, 0.1) is 5.69 Å². The number of nitrogens with zero attached hydrogens (tertiary/aromatic N) is 5. The Morgan fingerprint density at radius 1 is 1.08 bits per heavy atom. The zero-order chi connectivity index (χ0) is 24.6. The Morgan fingerprint density at radius 3 is 2.83 bits per heavy atom. The first-order valence-electron chi connectivity index (χ1n) is 11.7. The van der Waals surface area contributed by atoms with Gasteiger partial charge in [0.15, 0.2) is 0 Å². The summed E-state index contributed by atoms with van der Waals surface area (Å²) in [6.45, 7) is 2.78. The minimum Gasteiger partial charge on any atom is -0.487 e. The van der Waals surface area contributed by atoms with Crippen LogP contribution in [0.2, 0.25) is 0 Å². The van der Waals surface area contributed by atoms with Gasteiger partial charge in [-0.1, -0.05) is 12.1 Å². The molecule has 0 saturated heterocycles. The normalized spacial score (nSPS) is 17.5. The van der Waals surface area contributed by atoms with Crippen molar-refractivity contribution in [3.63, 3.8) is 0 Å². The van der Waals surface area contributed by atoms with E-state index in [1.54, 1.807) is 4.68 Å². The van der Waals surface area contributed by atoms with Gasteiger partial charge >= 0.3 is 0 Å². The van der Waals surface area contributed by atoms with Crippen LogP contribution in [0.3, 0.4) is 0 Å². The molecule has 0 saturated carbocycles. The van der Waals surface area contributed by atoms with Crippen molar-refractivity contribution < 1.29 is 13.5 Å². The highest BCUT2D eigenvalue weighted by Crippen LogP contribution is 2.41. The zero-order valence-electron chi connectivity index (χ0n) is 19.5. The van der Waals surface area contributed by atoms with Crippen LogP contribution in [0.25, 0.3) is 5.69 Å². The monoisotopic (exact) mass is 487 g/mol. The molecular formula is C26H23F2N7O. The predicted octanol–water partition coefficient (Wildman–Crippen LogP) is 4.83. The first-order valence-corrected chi connectivity index (χ1v) is 11.7. The number of rotatable bonds is 2. The maximum absolute atomic E-state index is 14.7. The van der Waals surface area contributed by atoms with Crippen molar-refractivity contribution in [2.45, 2.75) is 25.7 Å². The molecule has 2 aromatic carbocycles. The Balaban J connectivity index is 1.42. The largest absolute Gasteiger partial charge is 0.487 e. The van der Waals surface area contributed by atoms with E-state index in [2.05, 4.69) is 20.7 Å². The minimum absolute atomic E-state index is 0.285. The Bertz CT molecular complexity index is 1480. The van der Waals surface area contributed by atoms with Crippen molar-refractivity contribution in [3.05, 3.63) is 89.2 Å². The summed E-state index contributed by atoms with van der Waals surface area (Å²) in [5, 5.41) is 10.9. The van der Waals surface area contributed by atoms with Crippen LogP contribution >= 0.6 is 0 Å². The number of ether oxygens (including phenoxy) is 1. The van der Waals surface area contributed by atoms with E-state index < -0.39 is 11.6 Å². The Morgan fingerprint density at radius 2 is 2.00 bits per heavy atom. The van der Waals surface area contributed by atoms with Crippen molar-refractivity contribution in [2.24, 2.45) is 0 Å². The summed E-state index contributed by atoms with van der Waals surface area (Å²) in [5.74, 6) is 0.998. The predicted molar refractivity (Wildman–Crippen MR) is 131 cm³/mol. The van der Waals surface area contributed by atoms with E-state index in [9.17, 15) is 8.78 Å². The number of anilines is 3. The molecule has 1 aliphatic carbocycles. The number of aromatic nitrogens is 5. The van der Waals surface area contributed by atoms with Gasteiger partial charge in [0.1, 0.15) is 47.6 Å². The second-order valence-corrected chi connectivity index (χ2v) is 8.71. The number of benzene rings is 2. The Kier molecular flexibility index (Phi) is 5.55. The fraction of sp³-hybridized carbons (Fsp3) is 0.231. The van der Waals surface area contributed by atoms with E-state index >= 15 is 0 Å². The summed E-state index contributed by atoms with van der Waals surface area (Å²) in [7, 11) is 0. The molecule has 4 bridgehead atoms. The van der Waals surface area contributed by atoms with Crippen molar-refractivity contribution in [3.8, 4) is 11.4 Å². The number of nitrogens with one attached hydrogen (secondary N) is 2. The molecule has 8 nitrogen and oxygen atoms in total. The third-order valence-electron chi connectivity index (χ3n) is 6.44. The highest BCUT2D eigenvalue weighted by atomic mass is 19.1. The lowest BCUT2D eigenvalue weighted by molar-refractivity contribution is 0.360. The molecule has 1 unspecified atom stereocenters. The topological polar surface area (TPSA) is 89.8 Å². The van der Waals surface area contributed by atoms with Crippen LogP contribution in [-0.2, 0) is 6.42 Å². The molecule has 1 aliphatic heterocycles. The van der Waals surface area contributed by atoms with E-state index in [0.29, 0.717) is 49.1 Å². The summed E-state index contributed by atoms with van der Waals surface area (Å²) < 4.78 is 36.0. The summed E-state index contributed by atoms with van der Waals surface area (Å²) in [5.41, 5.74) is 3.62. The van der Waals surface area contributed by atoms with Crippen molar-refractivity contribution >= 4 is 17.5 Å². The molecule has 2 N–H and O–H groups in total. The van der Waals surface area contributed by atoms with E-state index in [1.165, 1.54) is 18.5 Å². The van der Waals surface area contributed by atoms with Gasteiger partial charge < -0.3 is 15.4 Å². The molecule has 0 amide bonds. The SMILES string of the molecule is Cc1ncnn1-c1ccc2cc1OC/C=C/CNc1nc(nc3c1CCC3c1ccc(F)cc1F)N2. The lowest BCUT2D eigenvalue weighted by Crippen LogP contribution is -2.10. The molecular weight excluding hydrogens is 464 g/mol. The molecule has 182 valence electrons. The van der Waals surface area contributed by atoms with Crippen LogP contribution in [-0.4, -0.2) is 37.9 Å². The minimum atomic E-state index is -0.596. The standard InChI is InChI=1S/C26H23F2N7O/c1-15-30-14-31-35(15)22-9-5-17-13-23(22)36-11-3-2-10-29-25-20-8-7-19(24(20)33-26(32-17)34-25)18-6-4-16(27)12-21(18)28/h2-6,9,12-14,19H,7-8,10-11H2,1H3,(H2,29,32,33,34)/b3-2+. The number of aryl methyl sites for hydroxylation is 1. The third-order valence-corrected chi connectivity index (χ3v) is 6.44. The van der Waals surface area contributed by atoms with Crippen molar-refractivity contribution in [1.29, 1.82) is 0 Å². The van der Waals surface area contributed by atoms with Crippen LogP contribution in [0.4, 0.5) is 26.2 Å². The molecule has 2 aliphatic rings. The van der Waals surface area contributed by atoms with Crippen LogP contribution < -0.4 is 15.4 Å². The number of hydrogen-bond donors (Lipinski definition) is 2. The average Bonchev–Trinajstić information content (AvgIpc) is 3.47. The number of halogens is 2. The van der Waals surface area contributed by atoms with E-state index in [0.717, 1.165) is 34.5 Å². The van der Waals surface area contributed by atoms with Gasteiger partial charge in [-0.2, -0.15) is 10.1 Å². The fourth-order valence-electron chi connectivity index (χ4n) is 4.74. The Labute approximate surface area is 206 Å². The molecule has 0 fully saturated rings. The highest BCUT2D eigenvalue weighted by molar-refractivity contribution is 5.64. The molecule has 4 aromatic rings. The highest BCUT2D eigenvalue weighted by Gasteiger charge is 2.31. The van der Waals surface area contributed by atoms with Gasteiger partial charge in [-0.25, -0.2) is 23.4 Å². The van der Waals surface area contributed by atoms with Crippen LogP contribution in [0.1, 0.15) is 35.0 Å². The first kappa shape index (κ1) is 22.1. The molecule has 6 rings (SSSR count). The molecule has 0 spiro atoms. The maximum atomic E-state index is 14.7. The number of fused-ring (bicyclic) bond motifs is 6.